The van der Waals surface area contributed by atoms with Crippen LogP contribution < -0.4 is 10.6 Å². The SMILES string of the molecule is NCC1(CC(=O)N2CCCN(c3nccs3)CC2)CCCCC1. The highest BCUT2D eigenvalue weighted by atomic mass is 32.1. The summed E-state index contributed by atoms with van der Waals surface area (Å²) in [6, 6.07) is 0. The summed E-state index contributed by atoms with van der Waals surface area (Å²) in [7, 11) is 0. The second-order valence-corrected chi connectivity index (χ2v) is 7.85. The number of nitrogens with zero attached hydrogens (tertiary/aromatic N) is 3. The van der Waals surface area contributed by atoms with Crippen molar-refractivity contribution in [1.82, 2.24) is 9.88 Å². The van der Waals surface area contributed by atoms with Crippen LogP contribution in [0.4, 0.5) is 5.13 Å². The molecule has 23 heavy (non-hydrogen) atoms. The first kappa shape index (κ1) is 16.7. The van der Waals surface area contributed by atoms with Crippen molar-refractivity contribution in [3.8, 4) is 0 Å². The summed E-state index contributed by atoms with van der Waals surface area (Å²) in [6.45, 7) is 4.19. The summed E-state index contributed by atoms with van der Waals surface area (Å²) < 4.78 is 0. The minimum absolute atomic E-state index is 0.0661. The number of carbonyl (C=O) groups is 1. The molecule has 5 nitrogen and oxygen atoms in total. The molecule has 128 valence electrons. The smallest absolute Gasteiger partial charge is 0.223 e. The molecule has 2 fully saturated rings. The zero-order chi connectivity index (χ0) is 16.1. The molecule has 0 unspecified atom stereocenters. The Morgan fingerprint density at radius 3 is 2.70 bits per heavy atom. The van der Waals surface area contributed by atoms with Gasteiger partial charge in [-0.1, -0.05) is 19.3 Å². The third-order valence-corrected chi connectivity index (χ3v) is 6.24. The van der Waals surface area contributed by atoms with Gasteiger partial charge in [0, 0.05) is 44.2 Å². The Balaban J connectivity index is 1.57. The van der Waals surface area contributed by atoms with Crippen molar-refractivity contribution in [2.24, 2.45) is 11.1 Å². The van der Waals surface area contributed by atoms with Crippen LogP contribution in [0.2, 0.25) is 0 Å². The maximum atomic E-state index is 12.8. The zero-order valence-electron chi connectivity index (χ0n) is 13.9. The molecule has 1 amide bonds. The molecule has 0 bridgehead atoms. The summed E-state index contributed by atoms with van der Waals surface area (Å²) in [5.41, 5.74) is 6.11. The molecule has 1 aromatic rings. The van der Waals surface area contributed by atoms with Crippen LogP contribution in [0.15, 0.2) is 11.6 Å². The third kappa shape index (κ3) is 4.04. The Bertz CT molecular complexity index is 499. The summed E-state index contributed by atoms with van der Waals surface area (Å²) in [5, 5.41) is 3.09. The van der Waals surface area contributed by atoms with Crippen LogP contribution in [0.1, 0.15) is 44.9 Å². The molecule has 0 atom stereocenters. The van der Waals surface area contributed by atoms with E-state index in [1.54, 1.807) is 11.3 Å². The molecule has 0 aromatic carbocycles. The lowest BCUT2D eigenvalue weighted by Crippen LogP contribution is -2.42. The summed E-state index contributed by atoms with van der Waals surface area (Å²) in [4.78, 5) is 21.6. The van der Waals surface area contributed by atoms with Gasteiger partial charge in [-0.15, -0.1) is 11.3 Å². The molecule has 1 saturated heterocycles. The van der Waals surface area contributed by atoms with Crippen molar-refractivity contribution in [1.29, 1.82) is 0 Å². The molecular weight excluding hydrogens is 308 g/mol. The summed E-state index contributed by atoms with van der Waals surface area (Å²) in [5.74, 6) is 0.304. The van der Waals surface area contributed by atoms with Gasteiger partial charge in [0.25, 0.3) is 0 Å². The van der Waals surface area contributed by atoms with Gasteiger partial charge in [-0.3, -0.25) is 4.79 Å². The van der Waals surface area contributed by atoms with E-state index in [4.69, 9.17) is 5.73 Å². The van der Waals surface area contributed by atoms with Crippen LogP contribution in [0.25, 0.3) is 0 Å². The minimum atomic E-state index is 0.0661. The summed E-state index contributed by atoms with van der Waals surface area (Å²) in [6.07, 6.45) is 9.49. The number of hydrogen-bond donors (Lipinski definition) is 1. The quantitative estimate of drug-likeness (QED) is 0.917. The number of amides is 1. The fourth-order valence-corrected chi connectivity index (χ4v) is 4.61. The van der Waals surface area contributed by atoms with E-state index in [2.05, 4.69) is 14.8 Å². The van der Waals surface area contributed by atoms with E-state index in [9.17, 15) is 4.79 Å². The van der Waals surface area contributed by atoms with Crippen molar-refractivity contribution in [2.45, 2.75) is 44.9 Å². The van der Waals surface area contributed by atoms with Crippen molar-refractivity contribution in [2.75, 3.05) is 37.6 Å². The molecule has 2 heterocycles. The Labute approximate surface area is 142 Å². The van der Waals surface area contributed by atoms with Crippen molar-refractivity contribution >= 4 is 22.4 Å². The predicted octanol–water partition coefficient (Wildman–Crippen LogP) is 2.48. The Kier molecular flexibility index (Phi) is 5.54. The molecule has 2 N–H and O–H groups in total. The van der Waals surface area contributed by atoms with E-state index in [0.717, 1.165) is 50.6 Å². The van der Waals surface area contributed by atoms with Crippen LogP contribution in [-0.2, 0) is 4.79 Å². The second-order valence-electron chi connectivity index (χ2n) is 6.98. The monoisotopic (exact) mass is 336 g/mol. The van der Waals surface area contributed by atoms with E-state index < -0.39 is 0 Å². The molecule has 1 aliphatic heterocycles. The molecule has 1 aromatic heterocycles. The number of aromatic nitrogens is 1. The number of hydrogen-bond acceptors (Lipinski definition) is 5. The van der Waals surface area contributed by atoms with Crippen LogP contribution >= 0.6 is 11.3 Å². The molecule has 3 rings (SSSR count). The van der Waals surface area contributed by atoms with Gasteiger partial charge in [-0.25, -0.2) is 4.98 Å². The number of rotatable bonds is 4. The first-order valence-corrected chi connectivity index (χ1v) is 9.73. The Hall–Kier alpha value is -1.14. The minimum Gasteiger partial charge on any atom is -0.346 e. The molecule has 1 aliphatic carbocycles. The van der Waals surface area contributed by atoms with Gasteiger partial charge >= 0.3 is 0 Å². The number of thiazole rings is 1. The topological polar surface area (TPSA) is 62.5 Å². The van der Waals surface area contributed by atoms with Crippen molar-refractivity contribution < 1.29 is 4.79 Å². The van der Waals surface area contributed by atoms with Gasteiger partial charge in [0.05, 0.1) is 0 Å². The highest BCUT2D eigenvalue weighted by molar-refractivity contribution is 7.13. The normalized spacial score (nSPS) is 22.0. The second kappa shape index (κ2) is 7.62. The van der Waals surface area contributed by atoms with Gasteiger partial charge in [-0.2, -0.15) is 0 Å². The van der Waals surface area contributed by atoms with Crippen LogP contribution in [-0.4, -0.2) is 48.5 Å². The molecule has 0 radical (unpaired) electrons. The van der Waals surface area contributed by atoms with Gasteiger partial charge in [-0.05, 0) is 31.2 Å². The van der Waals surface area contributed by atoms with E-state index >= 15 is 0 Å². The molecular formula is C17H28N4OS. The average molecular weight is 337 g/mol. The van der Waals surface area contributed by atoms with Crippen LogP contribution in [0.3, 0.4) is 0 Å². The lowest BCUT2D eigenvalue weighted by Gasteiger charge is -2.37. The van der Waals surface area contributed by atoms with Gasteiger partial charge in [0.2, 0.25) is 5.91 Å². The van der Waals surface area contributed by atoms with Crippen molar-refractivity contribution in [3.63, 3.8) is 0 Å². The highest BCUT2D eigenvalue weighted by Crippen LogP contribution is 2.38. The first-order valence-electron chi connectivity index (χ1n) is 8.85. The molecule has 1 saturated carbocycles. The molecule has 6 heteroatoms. The average Bonchev–Trinajstić information content (AvgIpc) is 3.00. The van der Waals surface area contributed by atoms with Gasteiger partial charge in [0.1, 0.15) is 0 Å². The maximum Gasteiger partial charge on any atom is 0.223 e. The summed E-state index contributed by atoms with van der Waals surface area (Å²) >= 11 is 1.67. The largest absolute Gasteiger partial charge is 0.346 e. The molecule has 2 aliphatic rings. The Morgan fingerprint density at radius 1 is 1.17 bits per heavy atom. The molecule has 0 spiro atoms. The number of carbonyl (C=O) groups excluding carboxylic acids is 1. The van der Waals surface area contributed by atoms with Crippen LogP contribution in [0.5, 0.6) is 0 Å². The Morgan fingerprint density at radius 2 is 2.00 bits per heavy atom. The number of anilines is 1. The lowest BCUT2D eigenvalue weighted by atomic mass is 9.71. The predicted molar refractivity (Wildman–Crippen MR) is 94.7 cm³/mol. The van der Waals surface area contributed by atoms with Crippen LogP contribution in [0, 0.1) is 5.41 Å². The fraction of sp³-hybridized carbons (Fsp3) is 0.765. The van der Waals surface area contributed by atoms with E-state index in [1.165, 1.54) is 19.3 Å². The standard InChI is InChI=1S/C17H28N4OS/c18-14-17(5-2-1-3-6-17)13-15(22)20-8-4-9-21(11-10-20)16-19-7-12-23-16/h7,12H,1-6,8-11,13-14,18H2. The van der Waals surface area contributed by atoms with Gasteiger partial charge < -0.3 is 15.5 Å². The number of nitrogens with two attached hydrogens (primary N) is 1. The van der Waals surface area contributed by atoms with Gasteiger partial charge in [0.15, 0.2) is 5.13 Å². The fourth-order valence-electron chi connectivity index (χ4n) is 3.92. The third-order valence-electron chi connectivity index (χ3n) is 5.41. The maximum absolute atomic E-state index is 12.8. The van der Waals surface area contributed by atoms with Crippen molar-refractivity contribution in [3.05, 3.63) is 11.6 Å². The van der Waals surface area contributed by atoms with E-state index in [1.807, 2.05) is 11.6 Å². The first-order chi connectivity index (χ1) is 11.2. The zero-order valence-corrected chi connectivity index (χ0v) is 14.7. The lowest BCUT2D eigenvalue weighted by molar-refractivity contribution is -0.134. The van der Waals surface area contributed by atoms with E-state index in [-0.39, 0.29) is 5.41 Å². The van der Waals surface area contributed by atoms with E-state index in [0.29, 0.717) is 18.9 Å². The highest BCUT2D eigenvalue weighted by Gasteiger charge is 2.34.